The maximum atomic E-state index is 5.92. The Morgan fingerprint density at radius 1 is 0.929 bits per heavy atom. The quantitative estimate of drug-likeness (QED) is 0.668. The van der Waals surface area contributed by atoms with Crippen LogP contribution >= 0.6 is 23.2 Å². The van der Waals surface area contributed by atoms with Crippen LogP contribution in [0.1, 0.15) is 0 Å². The van der Waals surface area contributed by atoms with Crippen LogP contribution in [0.15, 0.2) is 42.5 Å². The fraction of sp³-hybridized carbons (Fsp3) is 0. The van der Waals surface area contributed by atoms with Gasteiger partial charge in [-0.15, -0.1) is 0 Å². The van der Waals surface area contributed by atoms with E-state index in [2.05, 4.69) is 6.07 Å². The molecule has 0 atom stereocenters. The van der Waals surface area contributed by atoms with Gasteiger partial charge >= 0.3 is 0 Å². The second kappa shape index (κ2) is 4.04. The van der Waals surface area contributed by atoms with Crippen LogP contribution in [0.5, 0.6) is 0 Å². The van der Waals surface area contributed by atoms with Gasteiger partial charge in [0, 0.05) is 0 Å². The van der Waals surface area contributed by atoms with E-state index in [1.165, 1.54) is 0 Å². The molecule has 0 N–H and O–H groups in total. The van der Waals surface area contributed by atoms with E-state index >= 15 is 0 Å². The van der Waals surface area contributed by atoms with Gasteiger partial charge in [0.1, 0.15) is 0 Å². The molecule has 0 unspecified atom stereocenters. The predicted molar refractivity (Wildman–Crippen MR) is 60.7 cm³/mol. The van der Waals surface area contributed by atoms with Crippen molar-refractivity contribution in [2.75, 3.05) is 0 Å². The Morgan fingerprint density at radius 2 is 1.79 bits per heavy atom. The van der Waals surface area contributed by atoms with Crippen molar-refractivity contribution in [1.82, 2.24) is 0 Å². The van der Waals surface area contributed by atoms with Gasteiger partial charge in [-0.2, -0.15) is 0 Å². The van der Waals surface area contributed by atoms with Gasteiger partial charge in [0.15, 0.2) is 0 Å². The average molecular weight is 222 g/mol. The number of halogens is 2. The lowest BCUT2D eigenvalue weighted by Crippen LogP contribution is -1.77. The highest BCUT2D eigenvalue weighted by Crippen LogP contribution is 2.27. The second-order valence-corrected chi connectivity index (χ2v) is 3.74. The molecule has 0 heterocycles. The van der Waals surface area contributed by atoms with Crippen LogP contribution in [0.25, 0.3) is 11.1 Å². The van der Waals surface area contributed by atoms with Crippen molar-refractivity contribution in [3.05, 3.63) is 58.6 Å². The molecule has 0 fully saturated rings. The molecule has 1 radical (unpaired) electrons. The van der Waals surface area contributed by atoms with Crippen LogP contribution in [-0.4, -0.2) is 0 Å². The molecule has 0 saturated carbocycles. The monoisotopic (exact) mass is 221 g/mol. The predicted octanol–water partition coefficient (Wildman–Crippen LogP) is 4.46. The van der Waals surface area contributed by atoms with Gasteiger partial charge in [-0.05, 0) is 35.4 Å². The van der Waals surface area contributed by atoms with Gasteiger partial charge in [-0.25, -0.2) is 0 Å². The zero-order valence-corrected chi connectivity index (χ0v) is 8.81. The minimum absolute atomic E-state index is 0.577. The average Bonchev–Trinajstić information content (AvgIpc) is 2.23. The normalized spacial score (nSPS) is 10.1. The number of benzene rings is 2. The Bertz CT molecular complexity index is 435. The Balaban J connectivity index is 2.48. The summed E-state index contributed by atoms with van der Waals surface area (Å²) in [6.45, 7) is 0. The van der Waals surface area contributed by atoms with E-state index < -0.39 is 0 Å². The smallest absolute Gasteiger partial charge is 0.0598 e. The highest BCUT2D eigenvalue weighted by molar-refractivity contribution is 6.42. The van der Waals surface area contributed by atoms with Crippen LogP contribution in [0, 0.1) is 6.07 Å². The fourth-order valence-corrected chi connectivity index (χ4v) is 1.55. The summed E-state index contributed by atoms with van der Waals surface area (Å²) in [6, 6.07) is 16.3. The van der Waals surface area contributed by atoms with Gasteiger partial charge in [-0.3, -0.25) is 0 Å². The van der Waals surface area contributed by atoms with Gasteiger partial charge < -0.3 is 0 Å². The molecule has 0 bridgehead atoms. The van der Waals surface area contributed by atoms with Crippen LogP contribution < -0.4 is 0 Å². The van der Waals surface area contributed by atoms with Crippen molar-refractivity contribution in [3.63, 3.8) is 0 Å². The summed E-state index contributed by atoms with van der Waals surface area (Å²) < 4.78 is 0. The molecule has 14 heavy (non-hydrogen) atoms. The highest BCUT2D eigenvalue weighted by atomic mass is 35.5. The van der Waals surface area contributed by atoms with Crippen molar-refractivity contribution in [2.24, 2.45) is 0 Å². The first-order chi connectivity index (χ1) is 6.77. The van der Waals surface area contributed by atoms with Crippen molar-refractivity contribution >= 4 is 23.2 Å². The fourth-order valence-electron chi connectivity index (χ4n) is 1.25. The van der Waals surface area contributed by atoms with Crippen LogP contribution in [0.4, 0.5) is 0 Å². The zero-order valence-electron chi connectivity index (χ0n) is 7.30. The summed E-state index contributed by atoms with van der Waals surface area (Å²) in [5.41, 5.74) is 2.14. The third-order valence-corrected chi connectivity index (χ3v) is 2.70. The Morgan fingerprint density at radius 3 is 2.43 bits per heavy atom. The molecule has 0 aliphatic carbocycles. The Kier molecular flexibility index (Phi) is 2.76. The molecule has 2 heteroatoms. The first-order valence-corrected chi connectivity index (χ1v) is 4.94. The maximum absolute atomic E-state index is 5.92. The molecule has 2 rings (SSSR count). The van der Waals surface area contributed by atoms with Crippen molar-refractivity contribution in [2.45, 2.75) is 0 Å². The second-order valence-electron chi connectivity index (χ2n) is 2.92. The van der Waals surface area contributed by atoms with E-state index in [1.807, 2.05) is 36.4 Å². The van der Waals surface area contributed by atoms with Crippen molar-refractivity contribution < 1.29 is 0 Å². The number of rotatable bonds is 1. The van der Waals surface area contributed by atoms with E-state index in [-0.39, 0.29) is 0 Å². The summed E-state index contributed by atoms with van der Waals surface area (Å²) in [6.07, 6.45) is 0. The molecule has 0 nitrogen and oxygen atoms in total. The summed E-state index contributed by atoms with van der Waals surface area (Å²) in [5, 5.41) is 1.16. The van der Waals surface area contributed by atoms with Crippen molar-refractivity contribution in [3.8, 4) is 11.1 Å². The molecule has 69 valence electrons. The van der Waals surface area contributed by atoms with E-state index in [1.54, 1.807) is 6.07 Å². The molecule has 0 spiro atoms. The van der Waals surface area contributed by atoms with Gasteiger partial charge in [0.2, 0.25) is 0 Å². The molecule has 0 aromatic heterocycles. The van der Waals surface area contributed by atoms with E-state index in [0.29, 0.717) is 10.0 Å². The molecule has 0 aliphatic rings. The third-order valence-electron chi connectivity index (χ3n) is 1.96. The lowest BCUT2D eigenvalue weighted by Gasteiger charge is -2.02. The summed E-state index contributed by atoms with van der Waals surface area (Å²) >= 11 is 11.7. The van der Waals surface area contributed by atoms with E-state index in [4.69, 9.17) is 23.2 Å². The minimum Gasteiger partial charge on any atom is -0.0827 e. The minimum atomic E-state index is 0.577. The SMILES string of the molecule is Clc1ccc(-c2c[c]ccc2)cc1Cl. The van der Waals surface area contributed by atoms with Gasteiger partial charge in [0.25, 0.3) is 0 Å². The molecular weight excluding hydrogens is 215 g/mol. The first-order valence-electron chi connectivity index (χ1n) is 4.19. The maximum Gasteiger partial charge on any atom is 0.0598 e. The van der Waals surface area contributed by atoms with Gasteiger partial charge in [0.05, 0.1) is 10.0 Å². The lowest BCUT2D eigenvalue weighted by atomic mass is 10.1. The zero-order chi connectivity index (χ0) is 9.97. The first kappa shape index (κ1) is 9.57. The standard InChI is InChI=1S/C12H7Cl2/c13-11-7-6-10(8-12(11)14)9-4-2-1-3-5-9/h1-2,4-8H. The Hall–Kier alpha value is -0.980. The van der Waals surface area contributed by atoms with Crippen LogP contribution in [0.3, 0.4) is 0 Å². The van der Waals surface area contributed by atoms with Crippen molar-refractivity contribution in [1.29, 1.82) is 0 Å². The molecule has 0 amide bonds. The largest absolute Gasteiger partial charge is 0.0827 e. The molecule has 2 aromatic rings. The number of hydrogen-bond donors (Lipinski definition) is 0. The van der Waals surface area contributed by atoms with Crippen LogP contribution in [0.2, 0.25) is 10.0 Å². The molecular formula is C12H7Cl2. The topological polar surface area (TPSA) is 0 Å². The van der Waals surface area contributed by atoms with E-state index in [0.717, 1.165) is 11.1 Å². The third kappa shape index (κ3) is 1.92. The molecule has 0 saturated heterocycles. The molecule has 0 aliphatic heterocycles. The lowest BCUT2D eigenvalue weighted by molar-refractivity contribution is 1.61. The number of hydrogen-bond acceptors (Lipinski definition) is 0. The van der Waals surface area contributed by atoms with E-state index in [9.17, 15) is 0 Å². The summed E-state index contributed by atoms with van der Waals surface area (Å²) in [5.74, 6) is 0. The van der Waals surface area contributed by atoms with Crippen LogP contribution in [-0.2, 0) is 0 Å². The molecule has 2 aromatic carbocycles. The summed E-state index contributed by atoms with van der Waals surface area (Å²) in [4.78, 5) is 0. The summed E-state index contributed by atoms with van der Waals surface area (Å²) in [7, 11) is 0. The van der Waals surface area contributed by atoms with Gasteiger partial charge in [-0.1, -0.05) is 47.5 Å². The Labute approximate surface area is 93.1 Å². The highest BCUT2D eigenvalue weighted by Gasteiger charge is 2.00.